The molecule has 1 N–H and O–H groups in total. The number of ether oxygens (including phenoxy) is 1. The summed E-state index contributed by atoms with van der Waals surface area (Å²) in [6, 6.07) is 4.89. The van der Waals surface area contributed by atoms with Gasteiger partial charge in [0, 0.05) is 17.1 Å². The predicted octanol–water partition coefficient (Wildman–Crippen LogP) is 3.90. The maximum absolute atomic E-state index is 5.75. The first-order chi connectivity index (χ1) is 8.61. The number of benzene rings is 1. The summed E-state index contributed by atoms with van der Waals surface area (Å²) in [5.41, 5.74) is 4.03. The largest absolute Gasteiger partial charge is 0.378 e. The fourth-order valence-electron chi connectivity index (χ4n) is 2.67. The minimum atomic E-state index is 0.389. The number of nitrogens with one attached hydrogen (secondary N) is 1. The molecule has 0 saturated carbocycles. The van der Waals surface area contributed by atoms with E-state index in [1.807, 2.05) is 7.05 Å². The maximum atomic E-state index is 5.75. The second-order valence-electron chi connectivity index (χ2n) is 5.17. The van der Waals surface area contributed by atoms with E-state index in [1.165, 1.54) is 34.0 Å². The van der Waals surface area contributed by atoms with E-state index in [1.54, 1.807) is 0 Å². The quantitative estimate of drug-likeness (QED) is 0.910. The van der Waals surface area contributed by atoms with Crippen molar-refractivity contribution in [2.24, 2.45) is 0 Å². The number of halogens is 1. The van der Waals surface area contributed by atoms with Crippen LogP contribution in [0.1, 0.15) is 42.0 Å². The minimum Gasteiger partial charge on any atom is -0.378 e. The number of aryl methyl sites for hydroxylation is 2. The summed E-state index contributed by atoms with van der Waals surface area (Å²) in [7, 11) is 2.04. The highest BCUT2D eigenvalue weighted by Gasteiger charge is 2.22. The van der Waals surface area contributed by atoms with Crippen molar-refractivity contribution in [2.75, 3.05) is 13.7 Å². The molecule has 0 aliphatic carbocycles. The van der Waals surface area contributed by atoms with Crippen LogP contribution in [0.25, 0.3) is 0 Å². The van der Waals surface area contributed by atoms with Crippen molar-refractivity contribution in [2.45, 2.75) is 45.3 Å². The second-order valence-corrected chi connectivity index (χ2v) is 6.02. The molecule has 3 heteroatoms. The zero-order valence-corrected chi connectivity index (χ0v) is 13.0. The van der Waals surface area contributed by atoms with Crippen LogP contribution in [-0.4, -0.2) is 19.8 Å². The molecule has 2 unspecified atom stereocenters. The first-order valence-electron chi connectivity index (χ1n) is 6.67. The average molecular weight is 312 g/mol. The Kier molecular flexibility index (Phi) is 4.82. The van der Waals surface area contributed by atoms with Crippen molar-refractivity contribution in [3.63, 3.8) is 0 Å². The molecule has 1 aliphatic heterocycles. The summed E-state index contributed by atoms with van der Waals surface area (Å²) >= 11 is 3.59. The van der Waals surface area contributed by atoms with E-state index in [0.717, 1.165) is 13.0 Å². The molecule has 0 aromatic heterocycles. The van der Waals surface area contributed by atoms with Crippen LogP contribution < -0.4 is 5.32 Å². The van der Waals surface area contributed by atoms with Crippen LogP contribution in [0.15, 0.2) is 16.6 Å². The molecule has 0 amide bonds. The first-order valence-corrected chi connectivity index (χ1v) is 7.46. The molecule has 0 bridgehead atoms. The van der Waals surface area contributed by atoms with Gasteiger partial charge in [0.1, 0.15) is 0 Å². The average Bonchev–Trinajstić information content (AvgIpc) is 2.84. The highest BCUT2D eigenvalue weighted by Crippen LogP contribution is 2.30. The Bertz CT molecular complexity index is 413. The van der Waals surface area contributed by atoms with Gasteiger partial charge in [-0.2, -0.15) is 0 Å². The number of rotatable bonds is 4. The molecule has 1 aromatic rings. The van der Waals surface area contributed by atoms with Crippen molar-refractivity contribution >= 4 is 15.9 Å². The molecule has 18 heavy (non-hydrogen) atoms. The highest BCUT2D eigenvalue weighted by atomic mass is 79.9. The molecule has 2 atom stereocenters. The Hall–Kier alpha value is -0.380. The lowest BCUT2D eigenvalue weighted by Crippen LogP contribution is -2.23. The van der Waals surface area contributed by atoms with Gasteiger partial charge in [-0.1, -0.05) is 22.0 Å². The molecule has 0 radical (unpaired) electrons. The normalized spacial score (nSPS) is 21.2. The van der Waals surface area contributed by atoms with Crippen molar-refractivity contribution < 1.29 is 4.74 Å². The van der Waals surface area contributed by atoms with Gasteiger partial charge in [0.15, 0.2) is 0 Å². The molecule has 1 heterocycles. The molecular weight excluding hydrogens is 290 g/mol. The molecule has 0 spiro atoms. The Balaban J connectivity index is 2.18. The van der Waals surface area contributed by atoms with Crippen LogP contribution in [0.3, 0.4) is 0 Å². The fraction of sp³-hybridized carbons (Fsp3) is 0.600. The maximum Gasteiger partial charge on any atom is 0.0594 e. The fourth-order valence-corrected chi connectivity index (χ4v) is 3.13. The Morgan fingerprint density at radius 1 is 1.39 bits per heavy atom. The third kappa shape index (κ3) is 3.14. The first kappa shape index (κ1) is 14.0. The van der Waals surface area contributed by atoms with Gasteiger partial charge in [-0.3, -0.25) is 0 Å². The second kappa shape index (κ2) is 6.18. The Labute approximate surface area is 118 Å². The minimum absolute atomic E-state index is 0.389. The van der Waals surface area contributed by atoms with E-state index in [-0.39, 0.29) is 0 Å². The summed E-state index contributed by atoms with van der Waals surface area (Å²) in [6.07, 6.45) is 3.90. The van der Waals surface area contributed by atoms with Crippen molar-refractivity contribution in [3.05, 3.63) is 33.3 Å². The Morgan fingerprint density at radius 2 is 2.17 bits per heavy atom. The van der Waals surface area contributed by atoms with Gasteiger partial charge in [-0.05, 0) is 62.9 Å². The van der Waals surface area contributed by atoms with Crippen molar-refractivity contribution in [1.29, 1.82) is 0 Å². The Morgan fingerprint density at radius 3 is 2.78 bits per heavy atom. The molecule has 1 fully saturated rings. The highest BCUT2D eigenvalue weighted by molar-refractivity contribution is 9.10. The van der Waals surface area contributed by atoms with Gasteiger partial charge in [0.05, 0.1) is 6.10 Å². The summed E-state index contributed by atoms with van der Waals surface area (Å²) in [5, 5.41) is 3.44. The van der Waals surface area contributed by atoms with E-state index in [9.17, 15) is 0 Å². The van der Waals surface area contributed by atoms with E-state index in [4.69, 9.17) is 4.74 Å². The van der Waals surface area contributed by atoms with Gasteiger partial charge in [0.2, 0.25) is 0 Å². The van der Waals surface area contributed by atoms with Crippen LogP contribution >= 0.6 is 15.9 Å². The van der Waals surface area contributed by atoms with Gasteiger partial charge in [0.25, 0.3) is 0 Å². The lowest BCUT2D eigenvalue weighted by Gasteiger charge is -2.23. The van der Waals surface area contributed by atoms with Crippen LogP contribution in [0, 0.1) is 13.8 Å². The lowest BCUT2D eigenvalue weighted by molar-refractivity contribution is 0.0953. The molecule has 1 aromatic carbocycles. The number of hydrogen-bond donors (Lipinski definition) is 1. The molecule has 2 nitrogen and oxygen atoms in total. The van der Waals surface area contributed by atoms with Gasteiger partial charge in [-0.25, -0.2) is 0 Å². The van der Waals surface area contributed by atoms with Gasteiger partial charge >= 0.3 is 0 Å². The zero-order valence-electron chi connectivity index (χ0n) is 11.4. The van der Waals surface area contributed by atoms with Crippen molar-refractivity contribution in [1.82, 2.24) is 5.32 Å². The summed E-state index contributed by atoms with van der Waals surface area (Å²) in [6.45, 7) is 5.25. The summed E-state index contributed by atoms with van der Waals surface area (Å²) in [5.74, 6) is 0. The topological polar surface area (TPSA) is 21.3 Å². The smallest absolute Gasteiger partial charge is 0.0594 e. The third-order valence-electron chi connectivity index (χ3n) is 3.79. The number of hydrogen-bond acceptors (Lipinski definition) is 2. The zero-order chi connectivity index (χ0) is 13.1. The van der Waals surface area contributed by atoms with E-state index in [2.05, 4.69) is 47.2 Å². The van der Waals surface area contributed by atoms with Crippen LogP contribution in [0.2, 0.25) is 0 Å². The third-order valence-corrected chi connectivity index (χ3v) is 4.65. The SMILES string of the molecule is CNC(CC1CCCO1)c1cc(C)c(Br)cc1C. The van der Waals surface area contributed by atoms with E-state index < -0.39 is 0 Å². The molecule has 1 aliphatic rings. The van der Waals surface area contributed by atoms with Crippen LogP contribution in [0.5, 0.6) is 0 Å². The van der Waals surface area contributed by atoms with Gasteiger partial charge in [-0.15, -0.1) is 0 Å². The monoisotopic (exact) mass is 311 g/mol. The van der Waals surface area contributed by atoms with E-state index >= 15 is 0 Å². The lowest BCUT2D eigenvalue weighted by atomic mass is 9.94. The van der Waals surface area contributed by atoms with Gasteiger partial charge < -0.3 is 10.1 Å². The predicted molar refractivity (Wildman–Crippen MR) is 79.0 cm³/mol. The molecule has 2 rings (SSSR count). The summed E-state index contributed by atoms with van der Waals surface area (Å²) < 4.78 is 6.94. The van der Waals surface area contributed by atoms with E-state index in [0.29, 0.717) is 12.1 Å². The molecular formula is C15H22BrNO. The van der Waals surface area contributed by atoms with Crippen LogP contribution in [-0.2, 0) is 4.74 Å². The molecule has 1 saturated heterocycles. The van der Waals surface area contributed by atoms with Crippen LogP contribution in [0.4, 0.5) is 0 Å². The summed E-state index contributed by atoms with van der Waals surface area (Å²) in [4.78, 5) is 0. The standard InChI is InChI=1S/C15H22BrNO/c1-10-8-14(16)11(2)7-13(10)15(17-3)9-12-5-4-6-18-12/h7-8,12,15,17H,4-6,9H2,1-3H3. The van der Waals surface area contributed by atoms with Crippen molar-refractivity contribution in [3.8, 4) is 0 Å². The molecule has 100 valence electrons.